The molecule has 1 amide bonds. The molecule has 0 spiro atoms. The molecule has 1 N–H and O–H groups in total. The Morgan fingerprint density at radius 3 is 2.67 bits per heavy atom. The number of hydrogen-bond donors (Lipinski definition) is 1. The van der Waals surface area contributed by atoms with Crippen LogP contribution in [-0.2, 0) is 15.6 Å². The predicted molar refractivity (Wildman–Crippen MR) is 62.0 cm³/mol. The molecule has 1 saturated heterocycles. The molecule has 1 aliphatic rings. The second-order valence-electron chi connectivity index (χ2n) is 4.02. The van der Waals surface area contributed by atoms with Crippen molar-refractivity contribution in [2.45, 2.75) is 32.7 Å². The highest BCUT2D eigenvalue weighted by molar-refractivity contribution is 7.84. The number of amides is 1. The third kappa shape index (κ3) is 2.78. The topological polar surface area (TPSA) is 49.4 Å². The van der Waals surface area contributed by atoms with Gasteiger partial charge in [0.15, 0.2) is 0 Å². The second-order valence-corrected chi connectivity index (χ2v) is 5.89. The van der Waals surface area contributed by atoms with E-state index in [-0.39, 0.29) is 5.91 Å². The summed E-state index contributed by atoms with van der Waals surface area (Å²) in [6.45, 7) is 7.01. The van der Waals surface area contributed by atoms with Crippen molar-refractivity contribution in [2.75, 3.05) is 24.7 Å². The Balaban J connectivity index is 2.47. The van der Waals surface area contributed by atoms with E-state index >= 15 is 0 Å². The molecule has 0 aromatic heterocycles. The third-order valence-corrected chi connectivity index (χ3v) is 4.32. The van der Waals surface area contributed by atoms with Gasteiger partial charge in [-0.2, -0.15) is 0 Å². The van der Waals surface area contributed by atoms with E-state index in [0.717, 1.165) is 6.42 Å². The normalized spacial score (nSPS) is 28.5. The molecule has 0 bridgehead atoms. The summed E-state index contributed by atoms with van der Waals surface area (Å²) in [5.41, 5.74) is -0.409. The molecule has 15 heavy (non-hydrogen) atoms. The van der Waals surface area contributed by atoms with Crippen molar-refractivity contribution in [1.29, 1.82) is 0 Å². The van der Waals surface area contributed by atoms with Crippen molar-refractivity contribution in [3.05, 3.63) is 0 Å². The Bertz CT molecular complexity index is 270. The largest absolute Gasteiger partial charge is 0.327 e. The zero-order valence-electron chi connectivity index (χ0n) is 9.71. The highest BCUT2D eigenvalue weighted by atomic mass is 32.2. The van der Waals surface area contributed by atoms with Gasteiger partial charge in [-0.3, -0.25) is 14.3 Å². The van der Waals surface area contributed by atoms with Crippen LogP contribution in [0.1, 0.15) is 27.2 Å². The monoisotopic (exact) mass is 232 g/mol. The Kier molecular flexibility index (Phi) is 4.28. The molecule has 0 radical (unpaired) electrons. The van der Waals surface area contributed by atoms with Gasteiger partial charge in [-0.15, -0.1) is 0 Å². The van der Waals surface area contributed by atoms with E-state index in [9.17, 15) is 9.00 Å². The van der Waals surface area contributed by atoms with E-state index in [1.54, 1.807) is 4.90 Å². The lowest BCUT2D eigenvalue weighted by Crippen LogP contribution is -2.43. The van der Waals surface area contributed by atoms with Crippen molar-refractivity contribution in [3.63, 3.8) is 0 Å². The average Bonchev–Trinajstić information content (AvgIpc) is 2.54. The predicted octanol–water partition coefficient (Wildman–Crippen LogP) is 0.313. The first-order valence-corrected chi connectivity index (χ1v) is 6.91. The molecule has 0 aromatic carbocycles. The molecule has 0 aliphatic carbocycles. The first kappa shape index (κ1) is 12.6. The molecule has 5 heteroatoms. The zero-order chi connectivity index (χ0) is 11.5. The smallest absolute Gasteiger partial charge is 0.243 e. The minimum Gasteiger partial charge on any atom is -0.327 e. The van der Waals surface area contributed by atoms with Crippen molar-refractivity contribution in [2.24, 2.45) is 0 Å². The van der Waals surface area contributed by atoms with Crippen LogP contribution >= 0.6 is 0 Å². The van der Waals surface area contributed by atoms with Gasteiger partial charge in [0.05, 0.1) is 12.2 Å². The average molecular weight is 232 g/mol. The SMILES string of the molecule is CCS(=O)CCN1CNC(C)(CC)C1=O. The van der Waals surface area contributed by atoms with E-state index in [4.69, 9.17) is 0 Å². The maximum absolute atomic E-state index is 11.9. The van der Waals surface area contributed by atoms with Gasteiger partial charge in [-0.05, 0) is 13.3 Å². The van der Waals surface area contributed by atoms with Crippen LogP contribution in [0.4, 0.5) is 0 Å². The van der Waals surface area contributed by atoms with Crippen molar-refractivity contribution in [1.82, 2.24) is 10.2 Å². The second kappa shape index (κ2) is 5.07. The molecule has 1 fully saturated rings. The quantitative estimate of drug-likeness (QED) is 0.742. The Morgan fingerprint density at radius 1 is 1.53 bits per heavy atom. The van der Waals surface area contributed by atoms with Crippen LogP contribution in [-0.4, -0.2) is 45.3 Å². The molecular weight excluding hydrogens is 212 g/mol. The van der Waals surface area contributed by atoms with Crippen LogP contribution in [0.2, 0.25) is 0 Å². The van der Waals surface area contributed by atoms with Gasteiger partial charge >= 0.3 is 0 Å². The fraction of sp³-hybridized carbons (Fsp3) is 0.900. The lowest BCUT2D eigenvalue weighted by Gasteiger charge is -2.20. The van der Waals surface area contributed by atoms with E-state index in [0.29, 0.717) is 24.7 Å². The maximum Gasteiger partial charge on any atom is 0.243 e. The van der Waals surface area contributed by atoms with Gasteiger partial charge in [0.25, 0.3) is 0 Å². The Morgan fingerprint density at radius 2 is 2.20 bits per heavy atom. The van der Waals surface area contributed by atoms with E-state index in [1.807, 2.05) is 20.8 Å². The van der Waals surface area contributed by atoms with Crippen LogP contribution in [0.25, 0.3) is 0 Å². The molecule has 2 unspecified atom stereocenters. The Labute approximate surface area is 93.9 Å². The third-order valence-electron chi connectivity index (χ3n) is 3.04. The van der Waals surface area contributed by atoms with Gasteiger partial charge in [0.2, 0.25) is 5.91 Å². The number of carbonyl (C=O) groups is 1. The van der Waals surface area contributed by atoms with Crippen LogP contribution in [0, 0.1) is 0 Å². The first-order valence-electron chi connectivity index (χ1n) is 5.43. The van der Waals surface area contributed by atoms with Gasteiger partial charge in [-0.25, -0.2) is 0 Å². The summed E-state index contributed by atoms with van der Waals surface area (Å²) in [4.78, 5) is 13.7. The van der Waals surface area contributed by atoms with Crippen molar-refractivity contribution >= 4 is 16.7 Å². The summed E-state index contributed by atoms with van der Waals surface area (Å²) >= 11 is 0. The maximum atomic E-state index is 11.9. The minimum atomic E-state index is -0.786. The van der Waals surface area contributed by atoms with E-state index < -0.39 is 16.3 Å². The number of nitrogens with zero attached hydrogens (tertiary/aromatic N) is 1. The van der Waals surface area contributed by atoms with Gasteiger partial charge in [0.1, 0.15) is 0 Å². The summed E-state index contributed by atoms with van der Waals surface area (Å²) in [6, 6.07) is 0. The summed E-state index contributed by atoms with van der Waals surface area (Å²) in [6.07, 6.45) is 0.791. The summed E-state index contributed by atoms with van der Waals surface area (Å²) < 4.78 is 11.3. The van der Waals surface area contributed by atoms with Gasteiger partial charge in [-0.1, -0.05) is 13.8 Å². The summed E-state index contributed by atoms with van der Waals surface area (Å²) in [5, 5.41) is 3.20. The lowest BCUT2D eigenvalue weighted by atomic mass is 10.00. The molecular formula is C10H20N2O2S. The molecule has 0 saturated carbocycles. The van der Waals surface area contributed by atoms with E-state index in [2.05, 4.69) is 5.32 Å². The number of rotatable bonds is 5. The molecule has 4 nitrogen and oxygen atoms in total. The minimum absolute atomic E-state index is 0.137. The highest BCUT2D eigenvalue weighted by Crippen LogP contribution is 2.18. The van der Waals surface area contributed by atoms with Crippen LogP contribution in [0.5, 0.6) is 0 Å². The highest BCUT2D eigenvalue weighted by Gasteiger charge is 2.40. The lowest BCUT2D eigenvalue weighted by molar-refractivity contribution is -0.131. The standard InChI is InChI=1S/C10H20N2O2S/c1-4-10(3)9(13)12(8-11-10)6-7-15(14)5-2/h11H,4-8H2,1-3H3. The van der Waals surface area contributed by atoms with Crippen LogP contribution in [0.3, 0.4) is 0 Å². The van der Waals surface area contributed by atoms with Crippen molar-refractivity contribution in [3.8, 4) is 0 Å². The molecule has 1 rings (SSSR count). The molecule has 1 aliphatic heterocycles. The van der Waals surface area contributed by atoms with E-state index in [1.165, 1.54) is 0 Å². The molecule has 88 valence electrons. The summed E-state index contributed by atoms with van der Waals surface area (Å²) in [7, 11) is -0.786. The van der Waals surface area contributed by atoms with Crippen molar-refractivity contribution < 1.29 is 9.00 Å². The number of carbonyl (C=O) groups excluding carboxylic acids is 1. The molecule has 1 heterocycles. The first-order chi connectivity index (χ1) is 7.03. The van der Waals surface area contributed by atoms with Gasteiger partial charge in [0, 0.05) is 28.9 Å². The number of nitrogens with one attached hydrogen (secondary N) is 1. The summed E-state index contributed by atoms with van der Waals surface area (Å²) in [5.74, 6) is 1.39. The fourth-order valence-corrected chi connectivity index (χ4v) is 2.29. The zero-order valence-corrected chi connectivity index (χ0v) is 10.5. The Hall–Kier alpha value is -0.420. The molecule has 0 aromatic rings. The van der Waals surface area contributed by atoms with Gasteiger partial charge < -0.3 is 4.90 Å². The van der Waals surface area contributed by atoms with Crippen LogP contribution < -0.4 is 5.32 Å². The van der Waals surface area contributed by atoms with Crippen LogP contribution in [0.15, 0.2) is 0 Å². The fourth-order valence-electron chi connectivity index (χ4n) is 1.58. The molecule has 2 atom stereocenters. The number of hydrogen-bond acceptors (Lipinski definition) is 3.